The maximum atomic E-state index is 11.5. The second-order valence-electron chi connectivity index (χ2n) is 3.69. The fraction of sp³-hybridized carbons (Fsp3) is 0.417. The third kappa shape index (κ3) is 7.10. The maximum Gasteiger partial charge on any atom is 0.421 e. The van der Waals surface area contributed by atoms with E-state index in [1.807, 2.05) is 0 Å². The molecule has 0 unspecified atom stereocenters. The third-order valence-electron chi connectivity index (χ3n) is 2.04. The molecule has 3 N–H and O–H groups in total. The summed E-state index contributed by atoms with van der Waals surface area (Å²) in [6, 6.07) is 3.50. The van der Waals surface area contributed by atoms with E-state index in [-0.39, 0.29) is 19.8 Å². The van der Waals surface area contributed by atoms with Gasteiger partial charge in [0.2, 0.25) is 0 Å². The quantitative estimate of drug-likeness (QED) is 0.660. The molecule has 1 aromatic rings. The normalized spacial score (nSPS) is 10.6. The largest absolute Gasteiger partial charge is 0.449 e. The molecule has 0 fully saturated rings. The van der Waals surface area contributed by atoms with Gasteiger partial charge in [0.1, 0.15) is 0 Å². The molecule has 116 valence electrons. The van der Waals surface area contributed by atoms with Crippen LogP contribution in [-0.4, -0.2) is 32.8 Å². The Morgan fingerprint density at radius 3 is 2.90 bits per heavy atom. The Hall–Kier alpha value is -1.60. The predicted octanol–water partition coefficient (Wildman–Crippen LogP) is 0.562. The zero-order valence-corrected chi connectivity index (χ0v) is 13.0. The fourth-order valence-corrected chi connectivity index (χ4v) is 2.83. The van der Waals surface area contributed by atoms with Crippen LogP contribution in [0, 0.1) is 11.8 Å². The van der Waals surface area contributed by atoms with Gasteiger partial charge in [-0.1, -0.05) is 11.8 Å². The van der Waals surface area contributed by atoms with E-state index in [1.165, 1.54) is 11.3 Å². The second-order valence-corrected chi connectivity index (χ2v) is 6.36. The van der Waals surface area contributed by atoms with Gasteiger partial charge >= 0.3 is 16.3 Å². The first-order valence-electron chi connectivity index (χ1n) is 6.09. The van der Waals surface area contributed by atoms with Crippen molar-refractivity contribution in [2.45, 2.75) is 19.9 Å². The molecule has 1 aromatic heterocycles. The smallest absolute Gasteiger partial charge is 0.421 e. The van der Waals surface area contributed by atoms with Crippen LogP contribution in [0.5, 0.6) is 0 Å². The van der Waals surface area contributed by atoms with Crippen LogP contribution < -0.4 is 9.44 Å². The van der Waals surface area contributed by atoms with Crippen LogP contribution in [0.15, 0.2) is 12.1 Å². The summed E-state index contributed by atoms with van der Waals surface area (Å²) in [6.07, 6.45) is -0.629. The molecule has 0 aromatic carbocycles. The van der Waals surface area contributed by atoms with E-state index in [1.54, 1.807) is 23.8 Å². The van der Waals surface area contributed by atoms with Crippen molar-refractivity contribution in [2.24, 2.45) is 0 Å². The number of nitrogens with one attached hydrogen (secondary N) is 2. The monoisotopic (exact) mass is 332 g/mol. The van der Waals surface area contributed by atoms with Gasteiger partial charge in [0.25, 0.3) is 0 Å². The van der Waals surface area contributed by atoms with E-state index >= 15 is 0 Å². The molecule has 0 aliphatic heterocycles. The SMILES string of the molecule is CCOC(=O)NS(=O)(=O)NCc1ccc(C#CCCO)s1. The van der Waals surface area contributed by atoms with Gasteiger partial charge in [-0.15, -0.1) is 11.3 Å². The molecular weight excluding hydrogens is 316 g/mol. The Morgan fingerprint density at radius 2 is 2.24 bits per heavy atom. The third-order valence-corrected chi connectivity index (χ3v) is 4.00. The van der Waals surface area contributed by atoms with Crippen LogP contribution in [0.3, 0.4) is 0 Å². The van der Waals surface area contributed by atoms with E-state index < -0.39 is 16.3 Å². The van der Waals surface area contributed by atoms with Gasteiger partial charge in [-0.25, -0.2) is 9.52 Å². The molecule has 0 saturated carbocycles. The predicted molar refractivity (Wildman–Crippen MR) is 78.8 cm³/mol. The first kappa shape index (κ1) is 17.5. The van der Waals surface area contributed by atoms with Crippen molar-refractivity contribution >= 4 is 27.6 Å². The van der Waals surface area contributed by atoms with E-state index in [2.05, 4.69) is 21.3 Å². The molecule has 21 heavy (non-hydrogen) atoms. The molecule has 0 aliphatic carbocycles. The number of hydrogen-bond acceptors (Lipinski definition) is 6. The molecule has 0 radical (unpaired) electrons. The van der Waals surface area contributed by atoms with Crippen LogP contribution in [0.25, 0.3) is 0 Å². The summed E-state index contributed by atoms with van der Waals surface area (Å²) in [5.41, 5.74) is 0. The molecule has 0 aliphatic rings. The van der Waals surface area contributed by atoms with Crippen LogP contribution in [-0.2, 0) is 21.5 Å². The number of carbonyl (C=O) groups excluding carboxylic acids is 1. The minimum absolute atomic E-state index is 0.00452. The van der Waals surface area contributed by atoms with Gasteiger partial charge in [0.15, 0.2) is 0 Å². The molecule has 0 bridgehead atoms. The Balaban J connectivity index is 2.52. The highest BCUT2D eigenvalue weighted by Gasteiger charge is 2.14. The molecule has 1 heterocycles. The van der Waals surface area contributed by atoms with Crippen molar-refractivity contribution in [1.29, 1.82) is 0 Å². The summed E-state index contributed by atoms with van der Waals surface area (Å²) < 4.78 is 31.5. The summed E-state index contributed by atoms with van der Waals surface area (Å²) in [5, 5.41) is 8.61. The number of ether oxygens (including phenoxy) is 1. The first-order valence-corrected chi connectivity index (χ1v) is 8.39. The van der Waals surface area contributed by atoms with Gasteiger partial charge in [0.05, 0.1) is 18.1 Å². The zero-order chi connectivity index (χ0) is 15.7. The topological polar surface area (TPSA) is 105 Å². The Bertz CT molecular complexity index is 628. The number of hydrogen-bond donors (Lipinski definition) is 3. The minimum atomic E-state index is -3.95. The molecule has 9 heteroatoms. The Morgan fingerprint density at radius 1 is 1.48 bits per heavy atom. The van der Waals surface area contributed by atoms with Crippen LogP contribution >= 0.6 is 11.3 Å². The summed E-state index contributed by atoms with van der Waals surface area (Å²) >= 11 is 1.33. The van der Waals surface area contributed by atoms with Crippen LogP contribution in [0.2, 0.25) is 0 Å². The number of rotatable bonds is 6. The molecule has 1 amide bonds. The van der Waals surface area contributed by atoms with E-state index in [4.69, 9.17) is 5.11 Å². The number of aliphatic hydroxyl groups is 1. The lowest BCUT2D eigenvalue weighted by atomic mass is 10.4. The highest BCUT2D eigenvalue weighted by atomic mass is 32.2. The van der Waals surface area contributed by atoms with Gasteiger partial charge in [-0.05, 0) is 19.1 Å². The highest BCUT2D eigenvalue weighted by molar-refractivity contribution is 7.88. The van der Waals surface area contributed by atoms with Crippen molar-refractivity contribution in [3.05, 3.63) is 21.9 Å². The lowest BCUT2D eigenvalue weighted by molar-refractivity contribution is 0.158. The standard InChI is InChI=1S/C12H16N2O5S2/c1-2-19-12(16)14-21(17,18)13-9-11-7-6-10(20-11)5-3-4-8-15/h6-7,13,15H,2,4,8-9H2,1H3,(H,14,16). The number of carbonyl (C=O) groups is 1. The maximum absolute atomic E-state index is 11.5. The fourth-order valence-electron chi connectivity index (χ4n) is 1.22. The van der Waals surface area contributed by atoms with Crippen molar-refractivity contribution in [1.82, 2.24) is 9.44 Å². The second kappa shape index (κ2) is 8.63. The molecular formula is C12H16N2O5S2. The Kier molecular flexibility index (Phi) is 7.18. The van der Waals surface area contributed by atoms with Gasteiger partial charge in [-0.3, -0.25) is 0 Å². The summed E-state index contributed by atoms with van der Waals surface area (Å²) in [5.74, 6) is 5.63. The number of amides is 1. The van der Waals surface area contributed by atoms with Crippen molar-refractivity contribution in [3.63, 3.8) is 0 Å². The highest BCUT2D eigenvalue weighted by Crippen LogP contribution is 2.15. The summed E-state index contributed by atoms with van der Waals surface area (Å²) in [4.78, 5) is 12.6. The number of thiophene rings is 1. The molecule has 0 atom stereocenters. The molecule has 7 nitrogen and oxygen atoms in total. The Labute approximate surface area is 127 Å². The van der Waals surface area contributed by atoms with E-state index in [0.29, 0.717) is 6.42 Å². The van der Waals surface area contributed by atoms with Gasteiger partial charge in [-0.2, -0.15) is 13.1 Å². The van der Waals surface area contributed by atoms with E-state index in [0.717, 1.165) is 9.75 Å². The number of aliphatic hydroxyl groups excluding tert-OH is 1. The first-order chi connectivity index (χ1) is 9.96. The lowest BCUT2D eigenvalue weighted by Gasteiger charge is -2.06. The summed E-state index contributed by atoms with van der Waals surface area (Å²) in [7, 11) is -3.95. The minimum Gasteiger partial charge on any atom is -0.449 e. The summed E-state index contributed by atoms with van der Waals surface area (Å²) in [6.45, 7) is 1.71. The molecule has 1 rings (SSSR count). The van der Waals surface area contributed by atoms with Gasteiger partial charge < -0.3 is 9.84 Å². The lowest BCUT2D eigenvalue weighted by Crippen LogP contribution is -2.40. The van der Waals surface area contributed by atoms with Crippen LogP contribution in [0.4, 0.5) is 4.79 Å². The van der Waals surface area contributed by atoms with Crippen molar-refractivity contribution < 1.29 is 23.1 Å². The average molecular weight is 332 g/mol. The molecule has 0 saturated heterocycles. The average Bonchev–Trinajstić information content (AvgIpc) is 2.84. The van der Waals surface area contributed by atoms with Gasteiger partial charge in [0, 0.05) is 17.8 Å². The van der Waals surface area contributed by atoms with E-state index in [9.17, 15) is 13.2 Å². The van der Waals surface area contributed by atoms with Crippen LogP contribution in [0.1, 0.15) is 23.1 Å². The zero-order valence-electron chi connectivity index (χ0n) is 11.4. The van der Waals surface area contributed by atoms with Crippen molar-refractivity contribution in [3.8, 4) is 11.8 Å². The van der Waals surface area contributed by atoms with Crippen molar-refractivity contribution in [2.75, 3.05) is 13.2 Å². The molecule has 0 spiro atoms.